The van der Waals surface area contributed by atoms with Crippen LogP contribution in [-0.2, 0) is 14.1 Å². The fourth-order valence-electron chi connectivity index (χ4n) is 0.467. The Bertz CT molecular complexity index is 360. The molecule has 0 fully saturated rings. The first-order valence-electron chi connectivity index (χ1n) is 3.69. The summed E-state index contributed by atoms with van der Waals surface area (Å²) in [6.07, 6.45) is 4.93. The Labute approximate surface area is 88.0 Å². The van der Waals surface area contributed by atoms with E-state index >= 15 is 0 Å². The molecule has 0 saturated carbocycles. The van der Waals surface area contributed by atoms with Crippen LogP contribution in [0.25, 0.3) is 0 Å². The molecule has 0 spiro atoms. The van der Waals surface area contributed by atoms with Crippen molar-refractivity contribution in [3.8, 4) is 12.1 Å². The minimum absolute atomic E-state index is 0.831. The highest BCUT2D eigenvalue weighted by molar-refractivity contribution is 7.92. The standard InChI is InChI=1S/C7H10F3O3PS/c1-5-14(6(2,3)4)13-15(11,12)7(8,9)10/h1H,2-4H3. The molecule has 88 valence electrons. The zero-order valence-corrected chi connectivity index (χ0v) is 10.0. The maximum absolute atomic E-state index is 11.9. The fraction of sp³-hybridized carbons (Fsp3) is 0.714. The first-order valence-corrected chi connectivity index (χ1v) is 6.36. The SMILES string of the molecule is C#CP(OS(=O)(=O)C(F)(F)F)C(C)(C)C. The monoisotopic (exact) mass is 262 g/mol. The third-order valence-corrected chi connectivity index (χ3v) is 4.58. The molecule has 0 aliphatic carbocycles. The second-order valence-corrected chi connectivity index (χ2v) is 7.72. The zero-order chi connectivity index (χ0) is 12.5. The third-order valence-electron chi connectivity index (χ3n) is 1.18. The van der Waals surface area contributed by atoms with Crippen LogP contribution in [0.2, 0.25) is 0 Å². The van der Waals surface area contributed by atoms with Crippen LogP contribution < -0.4 is 0 Å². The molecular weight excluding hydrogens is 252 g/mol. The first kappa shape index (κ1) is 14.7. The Morgan fingerprint density at radius 2 is 1.67 bits per heavy atom. The van der Waals surface area contributed by atoms with Gasteiger partial charge in [0.2, 0.25) is 0 Å². The van der Waals surface area contributed by atoms with Gasteiger partial charge in [0.1, 0.15) is 8.15 Å². The molecule has 0 heterocycles. The average Bonchev–Trinajstić information content (AvgIpc) is 1.95. The summed E-state index contributed by atoms with van der Waals surface area (Å²) in [4.78, 5) is 0. The number of hydrogen-bond donors (Lipinski definition) is 0. The summed E-state index contributed by atoms with van der Waals surface area (Å²) in [6.45, 7) is 4.51. The Balaban J connectivity index is 4.99. The van der Waals surface area contributed by atoms with E-state index in [2.05, 4.69) is 3.97 Å². The van der Waals surface area contributed by atoms with Gasteiger partial charge in [-0.05, 0) is 5.66 Å². The second-order valence-electron chi connectivity index (χ2n) is 3.57. The highest BCUT2D eigenvalue weighted by atomic mass is 32.2. The van der Waals surface area contributed by atoms with Gasteiger partial charge in [0, 0.05) is 5.16 Å². The van der Waals surface area contributed by atoms with Crippen LogP contribution in [0.15, 0.2) is 0 Å². The quantitative estimate of drug-likeness (QED) is 0.436. The molecule has 0 rings (SSSR count). The van der Waals surface area contributed by atoms with Crippen LogP contribution in [-0.4, -0.2) is 19.1 Å². The van der Waals surface area contributed by atoms with Crippen LogP contribution >= 0.6 is 8.15 Å². The van der Waals surface area contributed by atoms with Crippen molar-refractivity contribution < 1.29 is 25.6 Å². The van der Waals surface area contributed by atoms with Crippen molar-refractivity contribution in [3.63, 3.8) is 0 Å². The van der Waals surface area contributed by atoms with Crippen LogP contribution in [0.5, 0.6) is 0 Å². The predicted octanol–water partition coefficient (Wildman–Crippen LogP) is 2.64. The van der Waals surface area contributed by atoms with Gasteiger partial charge >= 0.3 is 15.6 Å². The largest absolute Gasteiger partial charge is 0.523 e. The van der Waals surface area contributed by atoms with Crippen LogP contribution in [0.3, 0.4) is 0 Å². The van der Waals surface area contributed by atoms with Gasteiger partial charge in [-0.3, -0.25) is 0 Å². The van der Waals surface area contributed by atoms with Gasteiger partial charge in [-0.2, -0.15) is 21.6 Å². The van der Waals surface area contributed by atoms with Gasteiger partial charge in [0.15, 0.2) is 0 Å². The lowest BCUT2D eigenvalue weighted by Gasteiger charge is -2.24. The van der Waals surface area contributed by atoms with E-state index in [0.717, 1.165) is 0 Å². The van der Waals surface area contributed by atoms with Gasteiger partial charge in [0.05, 0.1) is 0 Å². The van der Waals surface area contributed by atoms with E-state index in [9.17, 15) is 21.6 Å². The first-order chi connectivity index (χ1) is 6.42. The molecule has 0 saturated heterocycles. The number of terminal acetylenes is 1. The maximum Gasteiger partial charge on any atom is 0.523 e. The molecule has 0 aliphatic heterocycles. The molecule has 3 nitrogen and oxygen atoms in total. The van der Waals surface area contributed by atoms with E-state index in [4.69, 9.17) is 6.42 Å². The lowest BCUT2D eigenvalue weighted by Crippen LogP contribution is -2.26. The number of halogens is 3. The third kappa shape index (κ3) is 3.98. The highest BCUT2D eigenvalue weighted by Crippen LogP contribution is 2.52. The molecule has 0 amide bonds. The Morgan fingerprint density at radius 3 is 1.87 bits per heavy atom. The summed E-state index contributed by atoms with van der Waals surface area (Å²) in [5.74, 6) is 0. The molecular formula is C7H10F3O3PS. The van der Waals surface area contributed by atoms with Gasteiger partial charge in [-0.15, -0.1) is 6.42 Å². The molecule has 0 radical (unpaired) electrons. The van der Waals surface area contributed by atoms with E-state index in [1.807, 2.05) is 5.66 Å². The Kier molecular flexibility index (Phi) is 4.19. The van der Waals surface area contributed by atoms with Crippen molar-refractivity contribution in [2.75, 3.05) is 0 Å². The normalized spacial score (nSPS) is 15.8. The van der Waals surface area contributed by atoms with Crippen molar-refractivity contribution >= 4 is 18.3 Å². The molecule has 0 aromatic carbocycles. The van der Waals surface area contributed by atoms with Crippen molar-refractivity contribution in [2.45, 2.75) is 31.4 Å². The van der Waals surface area contributed by atoms with Crippen molar-refractivity contribution in [1.29, 1.82) is 0 Å². The number of alkyl halides is 3. The maximum atomic E-state index is 11.9. The summed E-state index contributed by atoms with van der Waals surface area (Å²) < 4.78 is 61.1. The highest BCUT2D eigenvalue weighted by Gasteiger charge is 2.49. The molecule has 1 atom stereocenters. The van der Waals surface area contributed by atoms with Crippen LogP contribution in [0.1, 0.15) is 20.8 Å². The van der Waals surface area contributed by atoms with E-state index in [0.29, 0.717) is 0 Å². The Morgan fingerprint density at radius 1 is 1.27 bits per heavy atom. The lowest BCUT2D eigenvalue weighted by molar-refractivity contribution is -0.0496. The van der Waals surface area contributed by atoms with Gasteiger partial charge in [-0.25, -0.2) is 3.97 Å². The Hall–Kier alpha value is -0.310. The van der Waals surface area contributed by atoms with Crippen molar-refractivity contribution in [3.05, 3.63) is 0 Å². The van der Waals surface area contributed by atoms with Gasteiger partial charge < -0.3 is 0 Å². The summed E-state index contributed by atoms with van der Waals surface area (Å²) >= 11 is 0. The molecule has 1 unspecified atom stereocenters. The topological polar surface area (TPSA) is 43.4 Å². The molecule has 15 heavy (non-hydrogen) atoms. The van der Waals surface area contributed by atoms with Gasteiger partial charge in [-0.1, -0.05) is 20.8 Å². The van der Waals surface area contributed by atoms with Crippen molar-refractivity contribution in [1.82, 2.24) is 0 Å². The summed E-state index contributed by atoms with van der Waals surface area (Å²) in [7, 11) is -7.74. The molecule has 0 N–H and O–H groups in total. The van der Waals surface area contributed by atoms with Crippen molar-refractivity contribution in [2.24, 2.45) is 0 Å². The molecule has 0 aliphatic rings. The lowest BCUT2D eigenvalue weighted by atomic mass is 10.3. The molecule has 0 aromatic rings. The van der Waals surface area contributed by atoms with E-state index in [1.165, 1.54) is 20.8 Å². The number of rotatable bonds is 2. The summed E-state index contributed by atoms with van der Waals surface area (Å²) in [5, 5.41) is -0.831. The second kappa shape index (κ2) is 4.28. The average molecular weight is 262 g/mol. The van der Waals surface area contributed by atoms with E-state index < -0.39 is 28.9 Å². The fourth-order valence-corrected chi connectivity index (χ4v) is 3.04. The molecule has 0 bridgehead atoms. The number of hydrogen-bond acceptors (Lipinski definition) is 3. The zero-order valence-electron chi connectivity index (χ0n) is 8.29. The van der Waals surface area contributed by atoms with E-state index in [-0.39, 0.29) is 0 Å². The van der Waals surface area contributed by atoms with Crippen LogP contribution in [0, 0.1) is 12.1 Å². The summed E-state index contributed by atoms with van der Waals surface area (Å²) in [5.41, 5.74) is -3.50. The van der Waals surface area contributed by atoms with Crippen LogP contribution in [0.4, 0.5) is 13.2 Å². The minimum atomic E-state index is -5.61. The van der Waals surface area contributed by atoms with Gasteiger partial charge in [0.25, 0.3) is 0 Å². The molecule has 8 heteroatoms. The summed E-state index contributed by atoms with van der Waals surface area (Å²) in [6, 6.07) is 0. The van der Waals surface area contributed by atoms with E-state index in [1.54, 1.807) is 0 Å². The smallest absolute Gasteiger partial charge is 0.227 e. The minimum Gasteiger partial charge on any atom is -0.227 e. The predicted molar refractivity (Wildman–Crippen MR) is 51.6 cm³/mol. The molecule has 0 aromatic heterocycles.